The molecule has 0 aliphatic heterocycles. The number of hydrogen-bond acceptors (Lipinski definition) is 3. The van der Waals surface area contributed by atoms with Gasteiger partial charge in [-0.15, -0.1) is 11.6 Å². The minimum Gasteiger partial charge on any atom is -0.465 e. The standard InChI is InChI=1S/C11H12ClNO3/c1-16-11(15)9-5-3-2-4-8(9)7-13-10(14)6-12/h2-5H,6-7H2,1H3,(H,13,14). The third kappa shape index (κ3) is 3.24. The van der Waals surface area contributed by atoms with E-state index in [0.29, 0.717) is 11.1 Å². The lowest BCUT2D eigenvalue weighted by Crippen LogP contribution is -2.24. The molecular formula is C11H12ClNO3. The van der Waals surface area contributed by atoms with Gasteiger partial charge in [-0.05, 0) is 11.6 Å². The largest absolute Gasteiger partial charge is 0.465 e. The first-order valence-electron chi connectivity index (χ1n) is 4.68. The summed E-state index contributed by atoms with van der Waals surface area (Å²) in [5.74, 6) is -0.794. The molecule has 86 valence electrons. The summed E-state index contributed by atoms with van der Waals surface area (Å²) in [5, 5.41) is 2.59. The van der Waals surface area contributed by atoms with Crippen molar-refractivity contribution in [1.29, 1.82) is 0 Å². The molecule has 0 aliphatic rings. The number of rotatable bonds is 4. The lowest BCUT2D eigenvalue weighted by atomic mass is 10.1. The monoisotopic (exact) mass is 241 g/mol. The van der Waals surface area contributed by atoms with Gasteiger partial charge in [-0.2, -0.15) is 0 Å². The molecule has 0 spiro atoms. The first kappa shape index (κ1) is 12.5. The van der Waals surface area contributed by atoms with Gasteiger partial charge in [0.15, 0.2) is 0 Å². The summed E-state index contributed by atoms with van der Waals surface area (Å²) in [4.78, 5) is 22.4. The number of esters is 1. The van der Waals surface area contributed by atoms with E-state index in [2.05, 4.69) is 10.1 Å². The molecule has 0 aliphatic carbocycles. The second kappa shape index (κ2) is 6.12. The molecule has 1 aromatic rings. The molecule has 4 nitrogen and oxygen atoms in total. The number of benzene rings is 1. The SMILES string of the molecule is COC(=O)c1ccccc1CNC(=O)CCl. The van der Waals surface area contributed by atoms with Gasteiger partial charge in [0.25, 0.3) is 0 Å². The van der Waals surface area contributed by atoms with Crippen LogP contribution < -0.4 is 5.32 Å². The van der Waals surface area contributed by atoms with Gasteiger partial charge in [0.1, 0.15) is 5.88 Å². The Hall–Kier alpha value is -1.55. The Morgan fingerprint density at radius 1 is 1.38 bits per heavy atom. The summed E-state index contributed by atoms with van der Waals surface area (Å²) in [5.41, 5.74) is 1.15. The van der Waals surface area contributed by atoms with Gasteiger partial charge in [0.2, 0.25) is 5.91 Å². The molecule has 0 unspecified atom stereocenters. The lowest BCUT2D eigenvalue weighted by Gasteiger charge is -2.08. The topological polar surface area (TPSA) is 55.4 Å². The van der Waals surface area contributed by atoms with E-state index < -0.39 is 5.97 Å². The van der Waals surface area contributed by atoms with Crippen LogP contribution in [0.5, 0.6) is 0 Å². The van der Waals surface area contributed by atoms with Crippen molar-refractivity contribution in [3.63, 3.8) is 0 Å². The predicted octanol–water partition coefficient (Wildman–Crippen LogP) is 1.33. The van der Waals surface area contributed by atoms with Gasteiger partial charge in [-0.3, -0.25) is 4.79 Å². The summed E-state index contributed by atoms with van der Waals surface area (Å²) in [7, 11) is 1.32. The Kier molecular flexibility index (Phi) is 4.79. The van der Waals surface area contributed by atoms with E-state index in [9.17, 15) is 9.59 Å². The van der Waals surface area contributed by atoms with Crippen LogP contribution in [0.4, 0.5) is 0 Å². The lowest BCUT2D eigenvalue weighted by molar-refractivity contribution is -0.118. The zero-order valence-electron chi connectivity index (χ0n) is 8.83. The van der Waals surface area contributed by atoms with Crippen molar-refractivity contribution in [3.8, 4) is 0 Å². The molecular weight excluding hydrogens is 230 g/mol. The van der Waals surface area contributed by atoms with Gasteiger partial charge in [0, 0.05) is 6.54 Å². The Morgan fingerprint density at radius 3 is 2.69 bits per heavy atom. The van der Waals surface area contributed by atoms with Crippen molar-refractivity contribution in [2.75, 3.05) is 13.0 Å². The first-order valence-corrected chi connectivity index (χ1v) is 5.21. The molecule has 0 bridgehead atoms. The molecule has 0 atom stereocenters. The highest BCUT2D eigenvalue weighted by atomic mass is 35.5. The maximum atomic E-state index is 11.4. The molecule has 0 fully saturated rings. The molecule has 0 saturated carbocycles. The summed E-state index contributed by atoms with van der Waals surface area (Å²) in [6, 6.07) is 6.92. The molecule has 5 heteroatoms. The molecule has 1 aromatic carbocycles. The number of nitrogens with one attached hydrogen (secondary N) is 1. The van der Waals surface area contributed by atoms with Crippen molar-refractivity contribution in [2.45, 2.75) is 6.54 Å². The van der Waals surface area contributed by atoms with E-state index >= 15 is 0 Å². The van der Waals surface area contributed by atoms with Crippen LogP contribution in [0.3, 0.4) is 0 Å². The quantitative estimate of drug-likeness (QED) is 0.639. The molecule has 1 rings (SSSR count). The summed E-state index contributed by atoms with van der Waals surface area (Å²) in [6.45, 7) is 0.261. The number of methoxy groups -OCH3 is 1. The van der Waals surface area contributed by atoms with Crippen molar-refractivity contribution < 1.29 is 14.3 Å². The highest BCUT2D eigenvalue weighted by Crippen LogP contribution is 2.09. The Morgan fingerprint density at radius 2 is 2.06 bits per heavy atom. The highest BCUT2D eigenvalue weighted by Gasteiger charge is 2.10. The zero-order valence-corrected chi connectivity index (χ0v) is 9.58. The molecule has 0 aromatic heterocycles. The van der Waals surface area contributed by atoms with E-state index in [0.717, 1.165) is 0 Å². The Balaban J connectivity index is 2.79. The molecule has 1 N–H and O–H groups in total. The van der Waals surface area contributed by atoms with Gasteiger partial charge >= 0.3 is 5.97 Å². The number of carbonyl (C=O) groups is 2. The fourth-order valence-electron chi connectivity index (χ4n) is 1.22. The number of amides is 1. The average molecular weight is 242 g/mol. The molecule has 0 radical (unpaired) electrons. The third-order valence-electron chi connectivity index (χ3n) is 2.02. The fraction of sp³-hybridized carbons (Fsp3) is 0.273. The van der Waals surface area contributed by atoms with Crippen LogP contribution in [0.1, 0.15) is 15.9 Å². The second-order valence-corrected chi connectivity index (χ2v) is 3.33. The molecule has 1 amide bonds. The fourth-order valence-corrected chi connectivity index (χ4v) is 1.32. The number of halogens is 1. The maximum absolute atomic E-state index is 11.4. The van der Waals surface area contributed by atoms with Crippen LogP contribution in [0.25, 0.3) is 0 Å². The average Bonchev–Trinajstić information content (AvgIpc) is 2.35. The van der Waals surface area contributed by atoms with Crippen LogP contribution in [-0.4, -0.2) is 24.9 Å². The van der Waals surface area contributed by atoms with E-state index in [1.807, 2.05) is 0 Å². The van der Waals surface area contributed by atoms with Crippen LogP contribution in [0, 0.1) is 0 Å². The van der Waals surface area contributed by atoms with Gasteiger partial charge < -0.3 is 10.1 Å². The predicted molar refractivity (Wildman–Crippen MR) is 60.3 cm³/mol. The van der Waals surface area contributed by atoms with E-state index in [4.69, 9.17) is 11.6 Å². The summed E-state index contributed by atoms with van der Waals surface area (Å²) in [6.07, 6.45) is 0. The number of alkyl halides is 1. The third-order valence-corrected chi connectivity index (χ3v) is 2.26. The second-order valence-electron chi connectivity index (χ2n) is 3.06. The summed E-state index contributed by atoms with van der Waals surface area (Å²) < 4.78 is 4.63. The van der Waals surface area contributed by atoms with Crippen LogP contribution in [-0.2, 0) is 16.1 Å². The zero-order chi connectivity index (χ0) is 12.0. The Bertz CT molecular complexity index is 393. The van der Waals surface area contributed by atoms with Gasteiger partial charge in [-0.1, -0.05) is 18.2 Å². The van der Waals surface area contributed by atoms with Crippen LogP contribution in [0.2, 0.25) is 0 Å². The molecule has 0 heterocycles. The smallest absolute Gasteiger partial charge is 0.338 e. The van der Waals surface area contributed by atoms with Crippen molar-refractivity contribution >= 4 is 23.5 Å². The van der Waals surface area contributed by atoms with Crippen molar-refractivity contribution in [3.05, 3.63) is 35.4 Å². The molecule has 16 heavy (non-hydrogen) atoms. The number of ether oxygens (including phenoxy) is 1. The van der Waals surface area contributed by atoms with Gasteiger partial charge in [-0.25, -0.2) is 4.79 Å². The molecule has 0 saturated heterocycles. The minimum atomic E-state index is -0.421. The number of carbonyl (C=O) groups excluding carboxylic acids is 2. The Labute approximate surface area is 98.5 Å². The highest BCUT2D eigenvalue weighted by molar-refractivity contribution is 6.27. The first-order chi connectivity index (χ1) is 7.69. The summed E-state index contributed by atoms with van der Waals surface area (Å²) >= 11 is 5.34. The van der Waals surface area contributed by atoms with E-state index in [1.54, 1.807) is 24.3 Å². The van der Waals surface area contributed by atoms with Crippen LogP contribution in [0.15, 0.2) is 24.3 Å². The van der Waals surface area contributed by atoms with Gasteiger partial charge in [0.05, 0.1) is 12.7 Å². The maximum Gasteiger partial charge on any atom is 0.338 e. The number of hydrogen-bond donors (Lipinski definition) is 1. The van der Waals surface area contributed by atoms with E-state index in [-0.39, 0.29) is 18.3 Å². The van der Waals surface area contributed by atoms with Crippen molar-refractivity contribution in [1.82, 2.24) is 5.32 Å². The normalized spacial score (nSPS) is 9.62. The van der Waals surface area contributed by atoms with Crippen molar-refractivity contribution in [2.24, 2.45) is 0 Å². The van der Waals surface area contributed by atoms with E-state index in [1.165, 1.54) is 7.11 Å². The van der Waals surface area contributed by atoms with Crippen LogP contribution >= 0.6 is 11.6 Å². The minimum absolute atomic E-state index is 0.0968.